The molecule has 0 amide bonds. The van der Waals surface area contributed by atoms with Crippen molar-refractivity contribution in [3.63, 3.8) is 0 Å². The van der Waals surface area contributed by atoms with E-state index >= 15 is 0 Å². The minimum atomic E-state index is -3.69. The maximum atomic E-state index is 11.3. The Morgan fingerprint density at radius 2 is 1.87 bits per heavy atom. The molecule has 0 heterocycles. The van der Waals surface area contributed by atoms with Gasteiger partial charge in [-0.1, -0.05) is 37.8 Å². The fourth-order valence-electron chi connectivity index (χ4n) is 2.68. The van der Waals surface area contributed by atoms with Crippen LogP contribution >= 0.6 is 24.0 Å². The van der Waals surface area contributed by atoms with Crippen molar-refractivity contribution in [3.8, 4) is 0 Å². The molecule has 1 aromatic rings. The van der Waals surface area contributed by atoms with Gasteiger partial charge in [-0.15, -0.1) is 24.0 Å². The highest BCUT2D eigenvalue weighted by Crippen LogP contribution is 2.17. The van der Waals surface area contributed by atoms with Gasteiger partial charge in [-0.05, 0) is 30.5 Å². The number of halogens is 1. The molecule has 0 atom stereocenters. The number of nitrogens with zero attached hydrogens (tertiary/aromatic N) is 1. The maximum absolute atomic E-state index is 11.3. The van der Waals surface area contributed by atoms with Crippen LogP contribution in [0.1, 0.15) is 44.1 Å². The number of nitrogens with one attached hydrogen (secondary N) is 1. The third-order valence-corrected chi connectivity index (χ3v) is 4.78. The van der Waals surface area contributed by atoms with Gasteiger partial charge in [-0.25, -0.2) is 18.5 Å². The molecule has 0 saturated heterocycles. The molecule has 1 aromatic carbocycles. The predicted molar refractivity (Wildman–Crippen MR) is 103 cm³/mol. The number of rotatable bonds is 4. The summed E-state index contributed by atoms with van der Waals surface area (Å²) in [6.07, 6.45) is 7.27. The van der Waals surface area contributed by atoms with E-state index in [0.717, 1.165) is 18.4 Å². The first kappa shape index (κ1) is 20.2. The Bertz CT molecular complexity index is 626. The molecule has 0 spiro atoms. The normalized spacial score (nSPS) is 17.2. The first-order chi connectivity index (χ1) is 10.4. The van der Waals surface area contributed by atoms with Gasteiger partial charge in [0.15, 0.2) is 5.96 Å². The number of hydrogen-bond acceptors (Lipinski definition) is 3. The Labute approximate surface area is 155 Å². The van der Waals surface area contributed by atoms with Gasteiger partial charge in [0.2, 0.25) is 10.0 Å². The highest BCUT2D eigenvalue weighted by molar-refractivity contribution is 14.0. The summed E-state index contributed by atoms with van der Waals surface area (Å²) in [7, 11) is -3.69. The number of primary sulfonamides is 1. The van der Waals surface area contributed by atoms with Crippen LogP contribution in [-0.4, -0.2) is 20.4 Å². The van der Waals surface area contributed by atoms with Gasteiger partial charge in [-0.3, -0.25) is 0 Å². The lowest BCUT2D eigenvalue weighted by Gasteiger charge is -2.16. The largest absolute Gasteiger partial charge is 0.370 e. The SMILES string of the molecule is I.NC(=NCc1cccc(S(N)(=O)=O)c1)NC1CCCCCC1. The number of hydrogen-bond donors (Lipinski definition) is 3. The molecule has 0 bridgehead atoms. The Kier molecular flexibility index (Phi) is 8.27. The molecule has 0 aliphatic heterocycles. The summed E-state index contributed by atoms with van der Waals surface area (Å²) in [6.45, 7) is 0.328. The third-order valence-electron chi connectivity index (χ3n) is 3.87. The van der Waals surface area contributed by atoms with Gasteiger partial charge in [0, 0.05) is 6.04 Å². The predicted octanol–water partition coefficient (Wildman–Crippen LogP) is 2.08. The average molecular weight is 452 g/mol. The lowest BCUT2D eigenvalue weighted by atomic mass is 10.1. The molecule has 0 aromatic heterocycles. The zero-order valence-electron chi connectivity index (χ0n) is 13.1. The average Bonchev–Trinajstić information content (AvgIpc) is 2.73. The van der Waals surface area contributed by atoms with Gasteiger partial charge >= 0.3 is 0 Å². The van der Waals surface area contributed by atoms with Crippen LogP contribution in [0.15, 0.2) is 34.2 Å². The van der Waals surface area contributed by atoms with Crippen LogP contribution in [0.2, 0.25) is 0 Å². The fraction of sp³-hybridized carbons (Fsp3) is 0.533. The minimum Gasteiger partial charge on any atom is -0.370 e. The number of nitrogens with two attached hydrogens (primary N) is 2. The summed E-state index contributed by atoms with van der Waals surface area (Å²) in [5, 5.41) is 8.38. The molecule has 1 saturated carbocycles. The van der Waals surface area contributed by atoms with E-state index in [1.807, 2.05) is 0 Å². The van der Waals surface area contributed by atoms with Crippen LogP contribution in [0.4, 0.5) is 0 Å². The topological polar surface area (TPSA) is 111 Å². The van der Waals surface area contributed by atoms with E-state index in [4.69, 9.17) is 10.9 Å². The van der Waals surface area contributed by atoms with Crippen molar-refractivity contribution in [2.45, 2.75) is 56.0 Å². The molecule has 0 radical (unpaired) electrons. The maximum Gasteiger partial charge on any atom is 0.238 e. The minimum absolute atomic E-state index is 0. The van der Waals surface area contributed by atoms with Crippen LogP contribution in [0.25, 0.3) is 0 Å². The van der Waals surface area contributed by atoms with Crippen molar-refractivity contribution < 1.29 is 8.42 Å². The third kappa shape index (κ3) is 7.05. The number of sulfonamides is 1. The Hall–Kier alpha value is -0.870. The summed E-state index contributed by atoms with van der Waals surface area (Å²) in [4.78, 5) is 4.38. The molecule has 2 rings (SSSR count). The Balaban J connectivity index is 0.00000264. The molecule has 1 fully saturated rings. The molecule has 1 aliphatic rings. The highest BCUT2D eigenvalue weighted by Gasteiger charge is 2.12. The summed E-state index contributed by atoms with van der Waals surface area (Å²) < 4.78 is 22.6. The number of guanidine groups is 1. The molecule has 23 heavy (non-hydrogen) atoms. The molecular weight excluding hydrogens is 427 g/mol. The van der Waals surface area contributed by atoms with Crippen LogP contribution < -0.4 is 16.2 Å². The second-order valence-corrected chi connectivity index (χ2v) is 7.29. The monoisotopic (exact) mass is 452 g/mol. The second-order valence-electron chi connectivity index (χ2n) is 5.73. The van der Waals surface area contributed by atoms with Gasteiger partial charge in [0.1, 0.15) is 0 Å². The zero-order chi connectivity index (χ0) is 16.0. The van der Waals surface area contributed by atoms with E-state index in [-0.39, 0.29) is 28.9 Å². The van der Waals surface area contributed by atoms with Crippen molar-refractivity contribution in [1.82, 2.24) is 5.32 Å². The summed E-state index contributed by atoms with van der Waals surface area (Å²) in [6, 6.07) is 6.84. The summed E-state index contributed by atoms with van der Waals surface area (Å²) in [5.41, 5.74) is 6.68. The molecular formula is C15H25IN4O2S. The number of aliphatic imine (C=N–C) groups is 1. The van der Waals surface area contributed by atoms with E-state index in [9.17, 15) is 8.42 Å². The second kappa shape index (κ2) is 9.43. The molecule has 5 N–H and O–H groups in total. The standard InChI is InChI=1S/C15H24N4O2S.HI/c16-15(19-13-7-3-1-2-4-8-13)18-11-12-6-5-9-14(10-12)22(17,20)21;/h5-6,9-10,13H,1-4,7-8,11H2,(H3,16,18,19)(H2,17,20,21);1H. The van der Waals surface area contributed by atoms with Gasteiger partial charge in [-0.2, -0.15) is 0 Å². The fourth-order valence-corrected chi connectivity index (χ4v) is 3.26. The lowest BCUT2D eigenvalue weighted by molar-refractivity contribution is 0.530. The Morgan fingerprint density at radius 1 is 1.22 bits per heavy atom. The van der Waals surface area contributed by atoms with E-state index < -0.39 is 10.0 Å². The Morgan fingerprint density at radius 3 is 2.48 bits per heavy atom. The molecule has 1 aliphatic carbocycles. The van der Waals surface area contributed by atoms with Gasteiger partial charge in [0.05, 0.1) is 11.4 Å². The summed E-state index contributed by atoms with van der Waals surface area (Å²) in [5.74, 6) is 0.410. The summed E-state index contributed by atoms with van der Waals surface area (Å²) >= 11 is 0. The van der Waals surface area contributed by atoms with E-state index in [0.29, 0.717) is 18.5 Å². The molecule has 130 valence electrons. The van der Waals surface area contributed by atoms with E-state index in [1.165, 1.54) is 37.8 Å². The van der Waals surface area contributed by atoms with Gasteiger partial charge < -0.3 is 11.1 Å². The van der Waals surface area contributed by atoms with Gasteiger partial charge in [0.25, 0.3) is 0 Å². The van der Waals surface area contributed by atoms with Crippen molar-refractivity contribution in [2.75, 3.05) is 0 Å². The lowest BCUT2D eigenvalue weighted by Crippen LogP contribution is -2.39. The van der Waals surface area contributed by atoms with Crippen molar-refractivity contribution >= 4 is 40.0 Å². The zero-order valence-corrected chi connectivity index (χ0v) is 16.2. The van der Waals surface area contributed by atoms with E-state index in [1.54, 1.807) is 12.1 Å². The molecule has 8 heteroatoms. The molecule has 6 nitrogen and oxygen atoms in total. The highest BCUT2D eigenvalue weighted by atomic mass is 127. The van der Waals surface area contributed by atoms with Crippen LogP contribution in [0, 0.1) is 0 Å². The molecule has 0 unspecified atom stereocenters. The number of benzene rings is 1. The quantitative estimate of drug-likeness (QED) is 0.281. The van der Waals surface area contributed by atoms with Crippen molar-refractivity contribution in [1.29, 1.82) is 0 Å². The van der Waals surface area contributed by atoms with Crippen molar-refractivity contribution in [3.05, 3.63) is 29.8 Å². The smallest absolute Gasteiger partial charge is 0.238 e. The van der Waals surface area contributed by atoms with Crippen LogP contribution in [0.3, 0.4) is 0 Å². The van der Waals surface area contributed by atoms with Crippen molar-refractivity contribution in [2.24, 2.45) is 15.9 Å². The van der Waals surface area contributed by atoms with Crippen LogP contribution in [-0.2, 0) is 16.6 Å². The first-order valence-electron chi connectivity index (χ1n) is 7.63. The van der Waals surface area contributed by atoms with E-state index in [2.05, 4.69) is 10.3 Å². The van der Waals surface area contributed by atoms with Crippen LogP contribution in [0.5, 0.6) is 0 Å². The first-order valence-corrected chi connectivity index (χ1v) is 9.18.